The molecule has 0 saturated carbocycles. The molecule has 0 aliphatic heterocycles. The van der Waals surface area contributed by atoms with Crippen LogP contribution in [0.25, 0.3) is 0 Å². The van der Waals surface area contributed by atoms with Crippen LogP contribution < -0.4 is 15.2 Å². The Labute approximate surface area is 119 Å². The standard InChI is InChI=1S/C12H12ClFN4O2/c1-6(2)19-11-16-10(15)17-12(18-11)20-8-5-3-4-7(13)9(8)14/h3-6H,1-2H3,(H2,15,16,17,18). The first-order chi connectivity index (χ1) is 9.45. The average Bonchev–Trinajstić information content (AvgIpc) is 2.33. The second kappa shape index (κ2) is 5.87. The normalized spacial score (nSPS) is 10.7. The quantitative estimate of drug-likeness (QED) is 0.934. The van der Waals surface area contributed by atoms with Crippen molar-refractivity contribution in [3.63, 3.8) is 0 Å². The molecule has 1 aromatic heterocycles. The van der Waals surface area contributed by atoms with Crippen molar-refractivity contribution in [2.24, 2.45) is 0 Å². The van der Waals surface area contributed by atoms with Crippen molar-refractivity contribution < 1.29 is 13.9 Å². The van der Waals surface area contributed by atoms with E-state index in [1.165, 1.54) is 18.2 Å². The van der Waals surface area contributed by atoms with Crippen LogP contribution in [0.4, 0.5) is 10.3 Å². The summed E-state index contributed by atoms with van der Waals surface area (Å²) in [6.45, 7) is 3.61. The zero-order valence-electron chi connectivity index (χ0n) is 10.8. The molecule has 0 bridgehead atoms. The Hall–Kier alpha value is -2.15. The molecule has 1 aromatic carbocycles. The molecule has 6 nitrogen and oxygen atoms in total. The molecular formula is C12H12ClFN4O2. The Kier molecular flexibility index (Phi) is 4.19. The van der Waals surface area contributed by atoms with Gasteiger partial charge in [0.25, 0.3) is 0 Å². The van der Waals surface area contributed by atoms with Crippen LogP contribution in [0.15, 0.2) is 18.2 Å². The first-order valence-electron chi connectivity index (χ1n) is 5.76. The van der Waals surface area contributed by atoms with E-state index < -0.39 is 5.82 Å². The molecule has 20 heavy (non-hydrogen) atoms. The van der Waals surface area contributed by atoms with Crippen molar-refractivity contribution in [3.8, 4) is 17.8 Å². The first kappa shape index (κ1) is 14.3. The molecule has 0 amide bonds. The van der Waals surface area contributed by atoms with Crippen molar-refractivity contribution in [2.75, 3.05) is 5.73 Å². The van der Waals surface area contributed by atoms with Crippen molar-refractivity contribution in [3.05, 3.63) is 29.0 Å². The molecular weight excluding hydrogens is 287 g/mol. The van der Waals surface area contributed by atoms with Gasteiger partial charge in [-0.25, -0.2) is 4.39 Å². The minimum Gasteiger partial charge on any atom is -0.461 e. The highest BCUT2D eigenvalue weighted by Crippen LogP contribution is 2.27. The van der Waals surface area contributed by atoms with E-state index in [4.69, 9.17) is 26.8 Å². The van der Waals surface area contributed by atoms with Gasteiger partial charge in [0.15, 0.2) is 11.6 Å². The van der Waals surface area contributed by atoms with Gasteiger partial charge in [-0.05, 0) is 26.0 Å². The fraction of sp³-hybridized carbons (Fsp3) is 0.250. The smallest absolute Gasteiger partial charge is 0.330 e. The third-order valence-electron chi connectivity index (χ3n) is 2.07. The molecule has 0 spiro atoms. The Balaban J connectivity index is 2.29. The maximum atomic E-state index is 13.7. The van der Waals surface area contributed by atoms with E-state index in [2.05, 4.69) is 15.0 Å². The van der Waals surface area contributed by atoms with Crippen molar-refractivity contribution in [1.29, 1.82) is 0 Å². The summed E-state index contributed by atoms with van der Waals surface area (Å²) >= 11 is 5.65. The van der Waals surface area contributed by atoms with Crippen LogP contribution in [0.1, 0.15) is 13.8 Å². The molecule has 8 heteroatoms. The lowest BCUT2D eigenvalue weighted by Crippen LogP contribution is -2.11. The van der Waals surface area contributed by atoms with Gasteiger partial charge in [0, 0.05) is 0 Å². The minimum atomic E-state index is -0.709. The van der Waals surface area contributed by atoms with Crippen LogP contribution in [0.2, 0.25) is 5.02 Å². The van der Waals surface area contributed by atoms with Crippen molar-refractivity contribution in [1.82, 2.24) is 15.0 Å². The van der Waals surface area contributed by atoms with E-state index >= 15 is 0 Å². The Morgan fingerprint density at radius 1 is 1.20 bits per heavy atom. The average molecular weight is 299 g/mol. The molecule has 0 aliphatic rings. The van der Waals surface area contributed by atoms with E-state index in [-0.39, 0.29) is 34.8 Å². The molecule has 0 unspecified atom stereocenters. The predicted octanol–water partition coefficient (Wildman–Crippen LogP) is 2.83. The van der Waals surface area contributed by atoms with E-state index in [1.807, 2.05) is 0 Å². The highest BCUT2D eigenvalue weighted by molar-refractivity contribution is 6.30. The van der Waals surface area contributed by atoms with Crippen LogP contribution in [0, 0.1) is 5.82 Å². The maximum absolute atomic E-state index is 13.7. The van der Waals surface area contributed by atoms with Crippen molar-refractivity contribution in [2.45, 2.75) is 20.0 Å². The summed E-state index contributed by atoms with van der Waals surface area (Å²) in [5.74, 6) is -0.911. The molecule has 0 radical (unpaired) electrons. The number of halogens is 2. The van der Waals surface area contributed by atoms with Gasteiger partial charge in [-0.3, -0.25) is 0 Å². The first-order valence-corrected chi connectivity index (χ1v) is 6.13. The topological polar surface area (TPSA) is 83.2 Å². The van der Waals surface area contributed by atoms with Gasteiger partial charge in [0.2, 0.25) is 5.95 Å². The minimum absolute atomic E-state index is 0.00457. The van der Waals surface area contributed by atoms with Gasteiger partial charge in [-0.1, -0.05) is 17.7 Å². The molecule has 1 heterocycles. The molecule has 2 aromatic rings. The second-order valence-electron chi connectivity index (χ2n) is 4.08. The van der Waals surface area contributed by atoms with Gasteiger partial charge in [-0.15, -0.1) is 4.98 Å². The van der Waals surface area contributed by atoms with E-state index in [1.54, 1.807) is 13.8 Å². The van der Waals surface area contributed by atoms with E-state index in [9.17, 15) is 4.39 Å². The highest BCUT2D eigenvalue weighted by atomic mass is 35.5. The third-order valence-corrected chi connectivity index (χ3v) is 2.36. The summed E-state index contributed by atoms with van der Waals surface area (Å²) < 4.78 is 24.2. The van der Waals surface area contributed by atoms with Gasteiger partial charge in [-0.2, -0.15) is 9.97 Å². The lowest BCUT2D eigenvalue weighted by Gasteiger charge is -2.10. The molecule has 106 valence electrons. The molecule has 2 N–H and O–H groups in total. The van der Waals surface area contributed by atoms with Gasteiger partial charge < -0.3 is 15.2 Å². The van der Waals surface area contributed by atoms with Crippen LogP contribution in [-0.2, 0) is 0 Å². The van der Waals surface area contributed by atoms with Gasteiger partial charge >= 0.3 is 12.0 Å². The lowest BCUT2D eigenvalue weighted by atomic mass is 10.3. The fourth-order valence-electron chi connectivity index (χ4n) is 1.32. The highest BCUT2D eigenvalue weighted by Gasteiger charge is 2.13. The summed E-state index contributed by atoms with van der Waals surface area (Å²) in [5.41, 5.74) is 5.51. The van der Waals surface area contributed by atoms with Crippen LogP contribution in [-0.4, -0.2) is 21.1 Å². The van der Waals surface area contributed by atoms with E-state index in [0.29, 0.717) is 0 Å². The van der Waals surface area contributed by atoms with Crippen LogP contribution in [0.3, 0.4) is 0 Å². The summed E-state index contributed by atoms with van der Waals surface area (Å²) in [4.78, 5) is 11.4. The third kappa shape index (κ3) is 3.45. The number of nitrogens with two attached hydrogens (primary N) is 1. The Morgan fingerprint density at radius 3 is 2.60 bits per heavy atom. The number of ether oxygens (including phenoxy) is 2. The fourth-order valence-corrected chi connectivity index (χ4v) is 1.49. The monoisotopic (exact) mass is 298 g/mol. The summed E-state index contributed by atoms with van der Waals surface area (Å²) in [6.07, 6.45) is -0.146. The molecule has 2 rings (SSSR count). The zero-order valence-corrected chi connectivity index (χ0v) is 11.6. The Bertz CT molecular complexity index is 624. The summed E-state index contributed by atoms with van der Waals surface area (Å²) in [5, 5.41) is -0.0665. The number of rotatable bonds is 4. The number of nitrogens with zero attached hydrogens (tertiary/aromatic N) is 3. The number of hydrogen-bond donors (Lipinski definition) is 1. The molecule has 0 aliphatic carbocycles. The largest absolute Gasteiger partial charge is 0.461 e. The van der Waals surface area contributed by atoms with Gasteiger partial charge in [0.1, 0.15) is 0 Å². The van der Waals surface area contributed by atoms with Crippen LogP contribution in [0.5, 0.6) is 17.8 Å². The van der Waals surface area contributed by atoms with Gasteiger partial charge in [0.05, 0.1) is 11.1 Å². The lowest BCUT2D eigenvalue weighted by molar-refractivity contribution is 0.218. The van der Waals surface area contributed by atoms with Crippen molar-refractivity contribution >= 4 is 17.5 Å². The zero-order chi connectivity index (χ0) is 14.7. The number of hydrogen-bond acceptors (Lipinski definition) is 6. The summed E-state index contributed by atoms with van der Waals surface area (Å²) in [6, 6.07) is 4.17. The number of anilines is 1. The predicted molar refractivity (Wildman–Crippen MR) is 71.5 cm³/mol. The maximum Gasteiger partial charge on any atom is 0.330 e. The summed E-state index contributed by atoms with van der Waals surface area (Å²) in [7, 11) is 0. The number of aromatic nitrogens is 3. The number of nitrogen functional groups attached to an aromatic ring is 1. The molecule has 0 fully saturated rings. The molecule has 0 saturated heterocycles. The second-order valence-corrected chi connectivity index (χ2v) is 4.49. The SMILES string of the molecule is CC(C)Oc1nc(N)nc(Oc2cccc(Cl)c2F)n1. The Morgan fingerprint density at radius 2 is 1.90 bits per heavy atom. The molecule has 0 atom stereocenters. The van der Waals surface area contributed by atoms with E-state index in [0.717, 1.165) is 0 Å². The number of benzene rings is 1. The van der Waals surface area contributed by atoms with Crippen LogP contribution >= 0.6 is 11.6 Å².